The molecule has 0 radical (unpaired) electrons. The zero-order chi connectivity index (χ0) is 23.2. The van der Waals surface area contributed by atoms with Crippen molar-refractivity contribution in [1.82, 2.24) is 44.6 Å². The number of nitrogens with one attached hydrogen (secondary N) is 1. The normalized spacial score (nSPS) is 18.8. The second kappa shape index (κ2) is 7.50. The van der Waals surface area contributed by atoms with E-state index in [1.165, 1.54) is 21.8 Å². The molecule has 1 saturated heterocycles. The van der Waals surface area contributed by atoms with Crippen LogP contribution in [0.3, 0.4) is 0 Å². The van der Waals surface area contributed by atoms with Crippen LogP contribution in [0.1, 0.15) is 13.5 Å². The van der Waals surface area contributed by atoms with E-state index >= 15 is 0 Å². The number of aryl methyl sites for hydroxylation is 1. The number of likely N-dealkylation sites (tertiary alicyclic amines) is 1. The van der Waals surface area contributed by atoms with Crippen LogP contribution in [0.5, 0.6) is 0 Å². The zero-order valence-electron chi connectivity index (χ0n) is 18.3. The number of pyridine rings is 1. The van der Waals surface area contributed by atoms with Gasteiger partial charge in [0.1, 0.15) is 5.69 Å². The lowest BCUT2D eigenvalue weighted by atomic mass is 9.99. The van der Waals surface area contributed by atoms with Gasteiger partial charge in [0.2, 0.25) is 5.95 Å². The second-order valence-corrected chi connectivity index (χ2v) is 7.47. The van der Waals surface area contributed by atoms with Crippen molar-refractivity contribution in [2.75, 3.05) is 18.9 Å². The van der Waals surface area contributed by atoms with E-state index in [1.54, 1.807) is 49.2 Å². The number of likely N-dealkylation sites (N-methyl/N-ethyl adjacent to an activating group) is 1. The summed E-state index contributed by atoms with van der Waals surface area (Å²) in [7, 11) is 3.43. The second-order valence-electron chi connectivity index (χ2n) is 7.47. The molecule has 2 N–H and O–H groups in total. The molecule has 1 aliphatic rings. The highest BCUT2D eigenvalue weighted by atomic mass is 16.3. The Morgan fingerprint density at radius 2 is 2.03 bits per heavy atom. The molecule has 4 aromatic heterocycles. The van der Waals surface area contributed by atoms with Crippen molar-refractivity contribution >= 4 is 17.7 Å². The first kappa shape index (κ1) is 18.6. The summed E-state index contributed by atoms with van der Waals surface area (Å²) in [4.78, 5) is 26.9. The molecule has 4 aromatic rings. The van der Waals surface area contributed by atoms with E-state index in [0.717, 1.165) is 0 Å². The first-order valence-corrected chi connectivity index (χ1v) is 9.83. The predicted octanol–water partition coefficient (Wildman–Crippen LogP) is 0.646. The standard InChI is InChI=1S/C20H20N10O2/c1-28-11-8-20(32,18(28)31)15-12-30(27-25-15)17-5-3-4-13(22-17)14-6-9-21-19(23-14)24-16-7-10-29(2)26-16/h3-7,9-10,12,32H,8,11H2,1-2H3,(H,21,23,24,26)/i9D. The summed E-state index contributed by atoms with van der Waals surface area (Å²) in [5.41, 5.74) is -0.605. The maximum absolute atomic E-state index is 12.3. The van der Waals surface area contributed by atoms with Crippen molar-refractivity contribution in [3.63, 3.8) is 0 Å². The van der Waals surface area contributed by atoms with Gasteiger partial charge in [-0.25, -0.2) is 19.6 Å². The van der Waals surface area contributed by atoms with Crippen molar-refractivity contribution < 1.29 is 11.3 Å². The number of anilines is 2. The van der Waals surface area contributed by atoms with Crippen molar-refractivity contribution in [3.05, 3.63) is 54.6 Å². The molecule has 1 unspecified atom stereocenters. The van der Waals surface area contributed by atoms with Crippen LogP contribution in [0.2, 0.25) is 0 Å². The molecule has 0 spiro atoms. The Hall–Kier alpha value is -4.19. The first-order valence-electron chi connectivity index (χ1n) is 10.3. The highest BCUT2D eigenvalue weighted by Gasteiger charge is 2.47. The molecule has 0 aliphatic carbocycles. The fourth-order valence-electron chi connectivity index (χ4n) is 3.46. The molecular formula is C20H20N10O2. The van der Waals surface area contributed by atoms with Crippen molar-refractivity contribution in [3.8, 4) is 17.2 Å². The molecule has 1 atom stereocenters. The molecule has 1 amide bonds. The molecule has 12 nitrogen and oxygen atoms in total. The SMILES string of the molecule is [2H]c1cc(-c2cccc(-n3cc(C4(O)CCN(C)C4=O)nn3)n2)nc(Nc2ccn(C)n2)n1. The van der Waals surface area contributed by atoms with Gasteiger partial charge in [0.15, 0.2) is 17.2 Å². The van der Waals surface area contributed by atoms with E-state index in [1.807, 2.05) is 0 Å². The monoisotopic (exact) mass is 433 g/mol. The zero-order valence-corrected chi connectivity index (χ0v) is 17.3. The lowest BCUT2D eigenvalue weighted by Gasteiger charge is -2.17. The average Bonchev–Trinajstić information content (AvgIpc) is 3.51. The summed E-state index contributed by atoms with van der Waals surface area (Å²) in [6.07, 6.45) is 3.53. The molecule has 162 valence electrons. The molecular weight excluding hydrogens is 412 g/mol. The fraction of sp³-hybridized carbons (Fsp3) is 0.250. The van der Waals surface area contributed by atoms with Gasteiger partial charge in [0, 0.05) is 45.5 Å². The van der Waals surface area contributed by atoms with Crippen LogP contribution in [-0.2, 0) is 17.4 Å². The Morgan fingerprint density at radius 1 is 1.19 bits per heavy atom. The van der Waals surface area contributed by atoms with Gasteiger partial charge in [-0.1, -0.05) is 11.3 Å². The number of rotatable bonds is 5. The Balaban J connectivity index is 1.45. The lowest BCUT2D eigenvalue weighted by molar-refractivity contribution is -0.143. The van der Waals surface area contributed by atoms with Crippen LogP contribution in [0, 0.1) is 0 Å². The number of hydrogen-bond acceptors (Lipinski definition) is 9. The number of aliphatic hydroxyl groups is 1. The molecule has 1 fully saturated rings. The van der Waals surface area contributed by atoms with Crippen LogP contribution >= 0.6 is 0 Å². The Labute approximate surface area is 184 Å². The number of carbonyl (C=O) groups excluding carboxylic acids is 1. The Morgan fingerprint density at radius 3 is 2.78 bits per heavy atom. The molecule has 5 rings (SSSR count). The first-order chi connectivity index (χ1) is 15.8. The number of aromatic nitrogens is 8. The molecule has 5 heterocycles. The third-order valence-corrected chi connectivity index (χ3v) is 5.21. The van der Waals surface area contributed by atoms with Crippen molar-refractivity contribution in [2.45, 2.75) is 12.0 Å². The minimum Gasteiger partial charge on any atom is -0.374 e. The summed E-state index contributed by atoms with van der Waals surface area (Å²) < 4.78 is 11.1. The maximum Gasteiger partial charge on any atom is 0.260 e. The molecule has 1 aliphatic heterocycles. The Kier molecular flexibility index (Phi) is 4.35. The van der Waals surface area contributed by atoms with Gasteiger partial charge >= 0.3 is 0 Å². The van der Waals surface area contributed by atoms with Crippen molar-refractivity contribution in [2.24, 2.45) is 7.05 Å². The number of hydrogen-bond donors (Lipinski definition) is 2. The third-order valence-electron chi connectivity index (χ3n) is 5.21. The largest absolute Gasteiger partial charge is 0.374 e. The summed E-state index contributed by atoms with van der Waals surface area (Å²) in [6.45, 7) is 0.438. The van der Waals surface area contributed by atoms with E-state index < -0.39 is 11.5 Å². The number of nitrogens with zero attached hydrogens (tertiary/aromatic N) is 9. The smallest absolute Gasteiger partial charge is 0.260 e. The lowest BCUT2D eigenvalue weighted by Crippen LogP contribution is -2.36. The van der Waals surface area contributed by atoms with Gasteiger partial charge in [0.05, 0.1) is 19.0 Å². The van der Waals surface area contributed by atoms with E-state index in [0.29, 0.717) is 29.6 Å². The van der Waals surface area contributed by atoms with Gasteiger partial charge in [0.25, 0.3) is 5.91 Å². The van der Waals surface area contributed by atoms with Crippen molar-refractivity contribution in [1.29, 1.82) is 0 Å². The van der Waals surface area contributed by atoms with E-state index in [-0.39, 0.29) is 24.2 Å². The van der Waals surface area contributed by atoms with Gasteiger partial charge in [-0.15, -0.1) is 5.10 Å². The molecule has 0 aromatic carbocycles. The highest BCUT2D eigenvalue weighted by molar-refractivity contribution is 5.87. The summed E-state index contributed by atoms with van der Waals surface area (Å²) >= 11 is 0. The summed E-state index contributed by atoms with van der Waals surface area (Å²) in [6, 6.07) is 8.49. The Bertz CT molecular complexity index is 1350. The fourth-order valence-corrected chi connectivity index (χ4v) is 3.46. The molecule has 32 heavy (non-hydrogen) atoms. The van der Waals surface area contributed by atoms with Gasteiger partial charge in [-0.05, 0) is 18.2 Å². The van der Waals surface area contributed by atoms with Crippen LogP contribution in [0.15, 0.2) is 48.9 Å². The van der Waals surface area contributed by atoms with E-state index in [4.69, 9.17) is 1.37 Å². The number of amides is 1. The quantitative estimate of drug-likeness (QED) is 0.464. The molecule has 12 heteroatoms. The molecule has 0 bridgehead atoms. The maximum atomic E-state index is 12.3. The summed E-state index contributed by atoms with van der Waals surface area (Å²) in [5, 5.41) is 26.1. The number of carbonyl (C=O) groups is 1. The van der Waals surface area contributed by atoms with E-state index in [9.17, 15) is 9.90 Å². The summed E-state index contributed by atoms with van der Waals surface area (Å²) in [5.74, 6) is 0.777. The minimum absolute atomic E-state index is 0.0137. The van der Waals surface area contributed by atoms with Crippen LogP contribution in [-0.4, -0.2) is 69.2 Å². The highest BCUT2D eigenvalue weighted by Crippen LogP contribution is 2.31. The van der Waals surface area contributed by atoms with Gasteiger partial charge in [-0.3, -0.25) is 9.48 Å². The predicted molar refractivity (Wildman–Crippen MR) is 113 cm³/mol. The van der Waals surface area contributed by atoms with Crippen LogP contribution in [0.25, 0.3) is 17.2 Å². The topological polar surface area (TPSA) is 140 Å². The average molecular weight is 433 g/mol. The van der Waals surface area contributed by atoms with Crippen LogP contribution in [0.4, 0.5) is 11.8 Å². The van der Waals surface area contributed by atoms with E-state index in [2.05, 4.69) is 35.7 Å². The minimum atomic E-state index is -1.69. The van der Waals surface area contributed by atoms with Gasteiger partial charge < -0.3 is 15.3 Å². The van der Waals surface area contributed by atoms with Gasteiger partial charge in [-0.2, -0.15) is 5.10 Å². The molecule has 0 saturated carbocycles. The third kappa shape index (κ3) is 3.46. The van der Waals surface area contributed by atoms with Crippen LogP contribution < -0.4 is 5.32 Å².